The number of carboxylic acid groups (broad SMARTS) is 1. The van der Waals surface area contributed by atoms with Crippen molar-refractivity contribution in [3.05, 3.63) is 78.1 Å². The van der Waals surface area contributed by atoms with E-state index in [-0.39, 0.29) is 12.2 Å². The van der Waals surface area contributed by atoms with Gasteiger partial charge in [-0.1, -0.05) is 36.4 Å². The summed E-state index contributed by atoms with van der Waals surface area (Å²) in [5, 5.41) is 19.0. The zero-order valence-corrected chi connectivity index (χ0v) is 16.2. The van der Waals surface area contributed by atoms with E-state index in [0.717, 1.165) is 24.0 Å². The van der Waals surface area contributed by atoms with Crippen molar-refractivity contribution in [3.8, 4) is 22.4 Å². The Balaban J connectivity index is 1.71. The highest BCUT2D eigenvalue weighted by Crippen LogP contribution is 2.32. The lowest BCUT2D eigenvalue weighted by atomic mass is 9.98. The molecule has 0 aliphatic heterocycles. The Morgan fingerprint density at radius 1 is 1.00 bits per heavy atom. The lowest BCUT2D eigenvalue weighted by Gasteiger charge is -2.11. The number of rotatable bonds is 6. The van der Waals surface area contributed by atoms with Crippen molar-refractivity contribution in [2.24, 2.45) is 0 Å². The molecule has 6 nitrogen and oxygen atoms in total. The number of aromatic nitrogens is 2. The van der Waals surface area contributed by atoms with E-state index < -0.39 is 5.97 Å². The summed E-state index contributed by atoms with van der Waals surface area (Å²) >= 11 is 0. The van der Waals surface area contributed by atoms with Crippen LogP contribution in [0.1, 0.15) is 22.3 Å². The van der Waals surface area contributed by atoms with Crippen LogP contribution >= 0.6 is 0 Å². The third-order valence-electron chi connectivity index (χ3n) is 5.08. The molecule has 0 fully saturated rings. The molecular weight excluding hydrogens is 378 g/mol. The van der Waals surface area contributed by atoms with Crippen molar-refractivity contribution in [1.82, 2.24) is 9.97 Å². The van der Waals surface area contributed by atoms with Crippen molar-refractivity contribution in [3.63, 3.8) is 0 Å². The van der Waals surface area contributed by atoms with Crippen LogP contribution in [-0.2, 0) is 6.42 Å². The Labute approximate surface area is 173 Å². The zero-order valence-electron chi connectivity index (χ0n) is 16.2. The third kappa shape index (κ3) is 3.86. The second-order valence-electron chi connectivity index (χ2n) is 7.08. The number of aliphatic hydroxyl groups is 1. The summed E-state index contributed by atoms with van der Waals surface area (Å²) in [5.74, 6) is -1.03. The molecule has 0 unspecified atom stereocenters. The minimum atomic E-state index is -1.03. The number of nitrogens with two attached hydrogens (primary N) is 1. The van der Waals surface area contributed by atoms with Gasteiger partial charge in [0, 0.05) is 35.6 Å². The average Bonchev–Trinajstić information content (AvgIpc) is 2.77. The van der Waals surface area contributed by atoms with Crippen LogP contribution < -0.4 is 5.73 Å². The molecule has 2 heterocycles. The fraction of sp³-hybridized carbons (Fsp3) is 0.125. The fourth-order valence-corrected chi connectivity index (χ4v) is 3.51. The van der Waals surface area contributed by atoms with Gasteiger partial charge in [0.25, 0.3) is 0 Å². The first kappa shape index (κ1) is 19.5. The third-order valence-corrected chi connectivity index (χ3v) is 5.08. The first-order valence-electron chi connectivity index (χ1n) is 9.65. The minimum Gasteiger partial charge on any atom is -0.478 e. The highest BCUT2D eigenvalue weighted by atomic mass is 16.4. The van der Waals surface area contributed by atoms with Crippen molar-refractivity contribution in [2.45, 2.75) is 12.8 Å². The first-order valence-corrected chi connectivity index (χ1v) is 9.65. The van der Waals surface area contributed by atoms with E-state index in [4.69, 9.17) is 10.8 Å². The number of benzene rings is 2. The molecule has 0 aliphatic carbocycles. The number of carbonyl (C=O) groups is 1. The maximum atomic E-state index is 11.7. The van der Waals surface area contributed by atoms with Gasteiger partial charge in [-0.3, -0.25) is 4.98 Å². The van der Waals surface area contributed by atoms with Gasteiger partial charge >= 0.3 is 5.97 Å². The summed E-state index contributed by atoms with van der Waals surface area (Å²) in [6.07, 6.45) is 4.68. The van der Waals surface area contributed by atoms with E-state index in [0.29, 0.717) is 27.8 Å². The SMILES string of the molecule is Nc1cc(-c2ccc(CCCO)cc2)ccc1-c1cc(C(=O)O)c2cnccc2n1. The number of pyridine rings is 2. The van der Waals surface area contributed by atoms with Gasteiger partial charge < -0.3 is 15.9 Å². The van der Waals surface area contributed by atoms with Crippen molar-refractivity contribution in [1.29, 1.82) is 0 Å². The number of nitrogen functional groups attached to an aromatic ring is 1. The quantitative estimate of drug-likeness (QED) is 0.420. The van der Waals surface area contributed by atoms with Crippen LogP contribution in [0.5, 0.6) is 0 Å². The minimum absolute atomic E-state index is 0.144. The van der Waals surface area contributed by atoms with Crippen molar-refractivity contribution >= 4 is 22.6 Å². The van der Waals surface area contributed by atoms with Gasteiger partial charge in [-0.05, 0) is 47.7 Å². The summed E-state index contributed by atoms with van der Waals surface area (Å²) < 4.78 is 0. The molecule has 0 amide bonds. The Morgan fingerprint density at radius 2 is 1.77 bits per heavy atom. The van der Waals surface area contributed by atoms with E-state index in [9.17, 15) is 9.90 Å². The van der Waals surface area contributed by atoms with Gasteiger partial charge in [0.2, 0.25) is 0 Å². The maximum absolute atomic E-state index is 11.7. The van der Waals surface area contributed by atoms with E-state index in [1.54, 1.807) is 12.3 Å². The van der Waals surface area contributed by atoms with Crippen LogP contribution in [0.4, 0.5) is 5.69 Å². The highest BCUT2D eigenvalue weighted by Gasteiger charge is 2.15. The van der Waals surface area contributed by atoms with Crippen LogP contribution in [0.2, 0.25) is 0 Å². The largest absolute Gasteiger partial charge is 0.478 e. The molecule has 0 spiro atoms. The molecule has 30 heavy (non-hydrogen) atoms. The van der Waals surface area contributed by atoms with Gasteiger partial charge in [0.1, 0.15) is 0 Å². The lowest BCUT2D eigenvalue weighted by molar-refractivity contribution is 0.0699. The average molecular weight is 399 g/mol. The molecule has 0 radical (unpaired) electrons. The molecule has 6 heteroatoms. The summed E-state index contributed by atoms with van der Waals surface area (Å²) in [6, 6.07) is 17.1. The van der Waals surface area contributed by atoms with Crippen molar-refractivity contribution < 1.29 is 15.0 Å². The number of fused-ring (bicyclic) bond motifs is 1. The van der Waals surface area contributed by atoms with Gasteiger partial charge in [0.05, 0.1) is 16.8 Å². The van der Waals surface area contributed by atoms with Gasteiger partial charge in [-0.2, -0.15) is 0 Å². The lowest BCUT2D eigenvalue weighted by Crippen LogP contribution is -2.01. The molecule has 0 saturated carbocycles. The molecule has 2 aromatic carbocycles. The smallest absolute Gasteiger partial charge is 0.336 e. The molecule has 0 bridgehead atoms. The predicted molar refractivity (Wildman–Crippen MR) is 117 cm³/mol. The Kier molecular flexibility index (Phi) is 5.41. The topological polar surface area (TPSA) is 109 Å². The Hall–Kier alpha value is -3.77. The number of nitrogens with zero attached hydrogens (tertiary/aromatic N) is 2. The molecule has 150 valence electrons. The number of aromatic carboxylic acids is 1. The summed E-state index contributed by atoms with van der Waals surface area (Å²) in [7, 11) is 0. The molecule has 0 aliphatic rings. The molecule has 4 rings (SSSR count). The number of anilines is 1. The zero-order chi connectivity index (χ0) is 21.1. The number of aryl methyl sites for hydroxylation is 1. The fourth-order valence-electron chi connectivity index (χ4n) is 3.51. The normalized spacial score (nSPS) is 11.0. The molecule has 4 aromatic rings. The van der Waals surface area contributed by atoms with E-state index in [1.807, 2.05) is 42.5 Å². The van der Waals surface area contributed by atoms with Crippen LogP contribution in [0.3, 0.4) is 0 Å². The molecule has 0 saturated heterocycles. The first-order chi connectivity index (χ1) is 14.6. The number of aliphatic hydroxyl groups excluding tert-OH is 1. The summed E-state index contributed by atoms with van der Waals surface area (Å²) in [5.41, 5.74) is 11.9. The number of hydrogen-bond acceptors (Lipinski definition) is 5. The Bertz CT molecular complexity index is 1220. The molecular formula is C24H21N3O3. The standard InChI is InChI=1S/C24H21N3O3/c25-21-12-17(16-5-3-15(4-6-16)2-1-11-28)7-8-18(21)23-13-19(24(29)30)20-14-26-10-9-22(20)27-23/h3-10,12-14,28H,1-2,11,25H2,(H,29,30). The summed E-state index contributed by atoms with van der Waals surface area (Å²) in [6.45, 7) is 0.183. The van der Waals surface area contributed by atoms with Gasteiger partial charge in [-0.25, -0.2) is 9.78 Å². The molecule has 2 aromatic heterocycles. The number of carboxylic acids is 1. The van der Waals surface area contributed by atoms with Crippen molar-refractivity contribution in [2.75, 3.05) is 12.3 Å². The second kappa shape index (κ2) is 8.31. The van der Waals surface area contributed by atoms with Crippen LogP contribution in [0, 0.1) is 0 Å². The van der Waals surface area contributed by atoms with Crippen LogP contribution in [-0.4, -0.2) is 32.8 Å². The second-order valence-corrected chi connectivity index (χ2v) is 7.08. The van der Waals surface area contributed by atoms with E-state index in [2.05, 4.69) is 9.97 Å². The Morgan fingerprint density at radius 3 is 2.47 bits per heavy atom. The van der Waals surface area contributed by atoms with Gasteiger partial charge in [-0.15, -0.1) is 0 Å². The van der Waals surface area contributed by atoms with Crippen LogP contribution in [0.15, 0.2) is 67.0 Å². The van der Waals surface area contributed by atoms with Gasteiger partial charge in [0.15, 0.2) is 0 Å². The predicted octanol–water partition coefficient (Wildman–Crippen LogP) is 4.17. The maximum Gasteiger partial charge on any atom is 0.336 e. The number of hydrogen-bond donors (Lipinski definition) is 3. The monoisotopic (exact) mass is 399 g/mol. The van der Waals surface area contributed by atoms with Crippen LogP contribution in [0.25, 0.3) is 33.3 Å². The molecule has 0 atom stereocenters. The molecule has 4 N–H and O–H groups in total. The van der Waals surface area contributed by atoms with E-state index in [1.165, 1.54) is 17.8 Å². The summed E-state index contributed by atoms with van der Waals surface area (Å²) in [4.78, 5) is 20.3. The highest BCUT2D eigenvalue weighted by molar-refractivity contribution is 6.03. The van der Waals surface area contributed by atoms with E-state index >= 15 is 0 Å².